The summed E-state index contributed by atoms with van der Waals surface area (Å²) in [4.78, 5) is 10.9. The summed E-state index contributed by atoms with van der Waals surface area (Å²) in [7, 11) is 0. The van der Waals surface area contributed by atoms with Crippen molar-refractivity contribution in [1.29, 1.82) is 0 Å². The van der Waals surface area contributed by atoms with Crippen LogP contribution >= 0.6 is 0 Å². The highest BCUT2D eigenvalue weighted by Gasteiger charge is 2.12. The molecule has 0 aromatic carbocycles. The summed E-state index contributed by atoms with van der Waals surface area (Å²) in [5.41, 5.74) is 0. The molecule has 0 saturated carbocycles. The number of carboxylic acid groups (broad SMARTS) is 1. The Morgan fingerprint density at radius 3 is 2.56 bits per heavy atom. The van der Waals surface area contributed by atoms with Crippen LogP contribution in [0, 0.1) is 5.92 Å². The lowest BCUT2D eigenvalue weighted by atomic mass is 10.1. The van der Waals surface area contributed by atoms with E-state index in [0.717, 1.165) is 6.42 Å². The summed E-state index contributed by atoms with van der Waals surface area (Å²) in [6.45, 7) is 0.149. The van der Waals surface area contributed by atoms with Gasteiger partial charge in [-0.3, -0.25) is 4.79 Å². The highest BCUT2D eigenvalue weighted by atomic mass is 16.4. The molecule has 18 heavy (non-hydrogen) atoms. The third-order valence-electron chi connectivity index (χ3n) is 2.16. The molecule has 94 valence electrons. The minimum absolute atomic E-state index is 0.149. The number of carboxylic acids is 1. The van der Waals surface area contributed by atoms with Gasteiger partial charge in [0, 0.05) is 6.20 Å². The van der Waals surface area contributed by atoms with Gasteiger partial charge in [0.1, 0.15) is 0 Å². The molecule has 0 bridgehead atoms. The van der Waals surface area contributed by atoms with Gasteiger partial charge in [0.2, 0.25) is 0 Å². The Morgan fingerprint density at radius 1 is 1.06 bits per heavy atom. The maximum absolute atomic E-state index is 10.9. The topological polar surface area (TPSA) is 62.0 Å². The summed E-state index contributed by atoms with van der Waals surface area (Å²) in [6, 6.07) is 0. The van der Waals surface area contributed by atoms with Crippen LogP contribution in [-0.2, 0) is 4.79 Å². The van der Waals surface area contributed by atoms with Gasteiger partial charge >= 0.3 is 5.97 Å². The van der Waals surface area contributed by atoms with Crippen molar-refractivity contribution in [2.24, 2.45) is 16.1 Å². The van der Waals surface area contributed by atoms with Crippen LogP contribution < -0.4 is 0 Å². The first kappa shape index (κ1) is 13.8. The summed E-state index contributed by atoms with van der Waals surface area (Å²) in [5, 5.41) is 16.6. The van der Waals surface area contributed by atoms with Gasteiger partial charge in [0.05, 0.1) is 12.5 Å². The Labute approximate surface area is 106 Å². The van der Waals surface area contributed by atoms with Crippen LogP contribution in [0.25, 0.3) is 0 Å². The maximum atomic E-state index is 10.9. The zero-order valence-electron chi connectivity index (χ0n) is 10.0. The molecule has 1 aliphatic heterocycles. The molecule has 4 heteroatoms. The Morgan fingerprint density at radius 2 is 1.78 bits per heavy atom. The molecule has 0 amide bonds. The zero-order valence-corrected chi connectivity index (χ0v) is 10.0. The molecule has 0 aromatic heterocycles. The zero-order chi connectivity index (χ0) is 13.1. The van der Waals surface area contributed by atoms with Crippen LogP contribution in [0.2, 0.25) is 0 Å². The average Bonchev–Trinajstić information content (AvgIpc) is 2.36. The summed E-state index contributed by atoms with van der Waals surface area (Å²) < 4.78 is 0. The second-order valence-electron chi connectivity index (χ2n) is 3.59. The van der Waals surface area contributed by atoms with Crippen molar-refractivity contribution in [2.75, 3.05) is 6.54 Å². The molecule has 0 aliphatic carbocycles. The van der Waals surface area contributed by atoms with Crippen molar-refractivity contribution in [2.45, 2.75) is 6.42 Å². The van der Waals surface area contributed by atoms with Gasteiger partial charge in [-0.1, -0.05) is 54.7 Å². The minimum Gasteiger partial charge on any atom is -0.481 e. The van der Waals surface area contributed by atoms with Crippen molar-refractivity contribution >= 4 is 5.97 Å². The molecule has 1 aliphatic rings. The van der Waals surface area contributed by atoms with Crippen molar-refractivity contribution in [3.63, 3.8) is 0 Å². The number of nitrogens with zero attached hydrogens (tertiary/aromatic N) is 2. The fourth-order valence-corrected chi connectivity index (χ4v) is 1.20. The van der Waals surface area contributed by atoms with E-state index in [4.69, 9.17) is 5.11 Å². The van der Waals surface area contributed by atoms with Crippen LogP contribution in [0.1, 0.15) is 6.42 Å². The molecule has 4 nitrogen and oxygen atoms in total. The summed E-state index contributed by atoms with van der Waals surface area (Å²) in [6.07, 6.45) is 18.9. The lowest BCUT2D eigenvalue weighted by Crippen LogP contribution is -2.13. The average molecular weight is 244 g/mol. The number of hydrogen-bond acceptors (Lipinski definition) is 3. The molecule has 0 spiro atoms. The maximum Gasteiger partial charge on any atom is 0.312 e. The second kappa shape index (κ2) is 8.87. The second-order valence-corrected chi connectivity index (χ2v) is 3.59. The van der Waals surface area contributed by atoms with E-state index in [-0.39, 0.29) is 6.54 Å². The number of carbonyl (C=O) groups is 1. The van der Waals surface area contributed by atoms with Crippen LogP contribution in [0.4, 0.5) is 0 Å². The van der Waals surface area contributed by atoms with Gasteiger partial charge in [-0.05, 0) is 6.42 Å². The van der Waals surface area contributed by atoms with E-state index in [1.165, 1.54) is 0 Å². The molecule has 1 N–H and O–H groups in total. The molecule has 0 fully saturated rings. The molecule has 0 saturated heterocycles. The number of allylic oxidation sites excluding steroid dienone is 8. The molecule has 1 rings (SSSR count). The normalized spacial score (nSPS) is 29.4. The van der Waals surface area contributed by atoms with Crippen molar-refractivity contribution in [3.8, 4) is 0 Å². The summed E-state index contributed by atoms with van der Waals surface area (Å²) >= 11 is 0. The lowest BCUT2D eigenvalue weighted by molar-refractivity contribution is -0.139. The van der Waals surface area contributed by atoms with Gasteiger partial charge in [-0.25, -0.2) is 0 Å². The molecule has 0 unspecified atom stereocenters. The largest absolute Gasteiger partial charge is 0.481 e. The standard InChI is InChI=1S/C14H16N2O2/c17-14(18)13-10-8-6-4-2-1-3-5-7-9-11-15-16-12-13/h1-6,8-11,13H,7,12H2,(H,17,18)/b2-1-,5-3+,6-4+,10-8+,11-9+,16-15?/t13-/m0/s1. The molecule has 0 aromatic rings. The summed E-state index contributed by atoms with van der Waals surface area (Å²) in [5.74, 6) is -1.54. The van der Waals surface area contributed by atoms with E-state index < -0.39 is 11.9 Å². The highest BCUT2D eigenvalue weighted by molar-refractivity contribution is 5.72. The SMILES string of the molecule is O=C(O)[C@H]1/C=C/C=C/C=C\C=C\C/C=C/N=NC1. The highest BCUT2D eigenvalue weighted by Crippen LogP contribution is 2.02. The van der Waals surface area contributed by atoms with Gasteiger partial charge in [-0.15, -0.1) is 0 Å². The molecular weight excluding hydrogens is 228 g/mol. The molecule has 0 radical (unpaired) electrons. The number of rotatable bonds is 1. The van der Waals surface area contributed by atoms with Gasteiger partial charge in [-0.2, -0.15) is 10.2 Å². The van der Waals surface area contributed by atoms with E-state index in [9.17, 15) is 4.79 Å². The Hall–Kier alpha value is -2.23. The van der Waals surface area contributed by atoms with Gasteiger partial charge in [0.25, 0.3) is 0 Å². The fourth-order valence-electron chi connectivity index (χ4n) is 1.20. The van der Waals surface area contributed by atoms with Crippen molar-refractivity contribution in [3.05, 3.63) is 60.9 Å². The number of hydrogen-bond donors (Lipinski definition) is 1. The number of aliphatic carboxylic acids is 1. The Bertz CT molecular complexity index is 429. The lowest BCUT2D eigenvalue weighted by Gasteiger charge is -2.00. The third-order valence-corrected chi connectivity index (χ3v) is 2.16. The van der Waals surface area contributed by atoms with Crippen LogP contribution in [0.3, 0.4) is 0 Å². The van der Waals surface area contributed by atoms with Gasteiger partial charge in [0.15, 0.2) is 0 Å². The Kier molecular flexibility index (Phi) is 6.82. The van der Waals surface area contributed by atoms with Crippen LogP contribution in [0.15, 0.2) is 71.1 Å². The van der Waals surface area contributed by atoms with E-state index in [0.29, 0.717) is 0 Å². The first-order chi connectivity index (χ1) is 8.80. The monoisotopic (exact) mass is 244 g/mol. The van der Waals surface area contributed by atoms with Crippen molar-refractivity contribution in [1.82, 2.24) is 0 Å². The molecule has 1 atom stereocenters. The van der Waals surface area contributed by atoms with Crippen LogP contribution in [-0.4, -0.2) is 17.6 Å². The first-order valence-corrected chi connectivity index (χ1v) is 5.72. The predicted molar refractivity (Wildman–Crippen MR) is 71.2 cm³/mol. The smallest absolute Gasteiger partial charge is 0.312 e. The third kappa shape index (κ3) is 6.37. The predicted octanol–water partition coefficient (Wildman–Crippen LogP) is 3.28. The van der Waals surface area contributed by atoms with Gasteiger partial charge < -0.3 is 5.11 Å². The van der Waals surface area contributed by atoms with Crippen molar-refractivity contribution < 1.29 is 9.90 Å². The fraction of sp³-hybridized carbons (Fsp3) is 0.214. The molecule has 1 heterocycles. The quantitative estimate of drug-likeness (QED) is 0.769. The van der Waals surface area contributed by atoms with Crippen LogP contribution in [0.5, 0.6) is 0 Å². The Balaban J connectivity index is 2.75. The van der Waals surface area contributed by atoms with E-state index >= 15 is 0 Å². The number of azo groups is 1. The van der Waals surface area contributed by atoms with E-state index in [1.54, 1.807) is 24.4 Å². The first-order valence-electron chi connectivity index (χ1n) is 5.72. The van der Waals surface area contributed by atoms with E-state index in [2.05, 4.69) is 10.2 Å². The molecular formula is C14H16N2O2. The van der Waals surface area contributed by atoms with E-state index in [1.807, 2.05) is 36.5 Å². The minimum atomic E-state index is -0.899.